The normalized spacial score (nSPS) is 18.0. The number of aliphatic hydroxyl groups excluding tert-OH is 1. The summed E-state index contributed by atoms with van der Waals surface area (Å²) in [5, 5.41) is 10.5. The van der Waals surface area contributed by atoms with Gasteiger partial charge in [-0.15, -0.1) is 0 Å². The number of hydrogen-bond acceptors (Lipinski definition) is 4. The maximum atomic E-state index is 10.5. The van der Waals surface area contributed by atoms with Crippen LogP contribution in [0, 0.1) is 0 Å². The smallest absolute Gasteiger partial charge is 0.168 e. The number of hydrogen-bond donors (Lipinski definition) is 1. The lowest BCUT2D eigenvalue weighted by Gasteiger charge is -2.14. The molecule has 0 bridgehead atoms. The highest BCUT2D eigenvalue weighted by Crippen LogP contribution is 2.48. The monoisotopic (exact) mass is 328 g/mol. The van der Waals surface area contributed by atoms with E-state index < -0.39 is 6.10 Å². The van der Waals surface area contributed by atoms with Gasteiger partial charge in [-0.3, -0.25) is 0 Å². The number of benzene rings is 2. The maximum Gasteiger partial charge on any atom is 0.168 e. The van der Waals surface area contributed by atoms with Gasteiger partial charge in [0, 0.05) is 15.4 Å². The predicted octanol–water partition coefficient (Wildman–Crippen LogP) is 4.66. The molecular weight excluding hydrogens is 308 g/mol. The first kappa shape index (κ1) is 16.0. The SMILES string of the molecule is CCOc1cccc(/C=C2\Sc3ccccc3C2O)c1OCC. The molecule has 23 heavy (non-hydrogen) atoms. The summed E-state index contributed by atoms with van der Waals surface area (Å²) in [5.41, 5.74) is 1.88. The van der Waals surface area contributed by atoms with Crippen LogP contribution in [0.25, 0.3) is 6.08 Å². The Balaban J connectivity index is 1.98. The predicted molar refractivity (Wildman–Crippen MR) is 94.0 cm³/mol. The highest BCUT2D eigenvalue weighted by atomic mass is 32.2. The third-order valence-electron chi connectivity index (χ3n) is 3.61. The average molecular weight is 328 g/mol. The molecule has 3 rings (SSSR count). The molecule has 3 nitrogen and oxygen atoms in total. The van der Waals surface area contributed by atoms with Crippen LogP contribution in [0.5, 0.6) is 11.5 Å². The van der Waals surface area contributed by atoms with Crippen molar-refractivity contribution >= 4 is 17.8 Å². The Bertz CT molecular complexity index is 724. The summed E-state index contributed by atoms with van der Waals surface area (Å²) >= 11 is 1.60. The summed E-state index contributed by atoms with van der Waals surface area (Å²) in [5.74, 6) is 1.46. The zero-order valence-corrected chi connectivity index (χ0v) is 14.1. The molecule has 0 saturated carbocycles. The van der Waals surface area contributed by atoms with E-state index in [-0.39, 0.29) is 0 Å². The maximum absolute atomic E-state index is 10.5. The van der Waals surface area contributed by atoms with Crippen molar-refractivity contribution in [3.8, 4) is 11.5 Å². The fourth-order valence-electron chi connectivity index (χ4n) is 2.61. The second-order valence-corrected chi connectivity index (χ2v) is 6.25. The largest absolute Gasteiger partial charge is 0.490 e. The second-order valence-electron chi connectivity index (χ2n) is 5.13. The van der Waals surface area contributed by atoms with Crippen molar-refractivity contribution < 1.29 is 14.6 Å². The number of fused-ring (bicyclic) bond motifs is 1. The molecule has 1 atom stereocenters. The van der Waals surface area contributed by atoms with E-state index in [1.54, 1.807) is 11.8 Å². The first-order chi connectivity index (χ1) is 11.2. The van der Waals surface area contributed by atoms with Gasteiger partial charge in [0.1, 0.15) is 6.10 Å². The van der Waals surface area contributed by atoms with Crippen molar-refractivity contribution in [1.29, 1.82) is 0 Å². The quantitative estimate of drug-likeness (QED) is 0.866. The molecule has 0 aliphatic carbocycles. The summed E-state index contributed by atoms with van der Waals surface area (Å²) in [6.45, 7) is 5.06. The minimum atomic E-state index is -0.582. The number of thioether (sulfide) groups is 1. The molecule has 1 N–H and O–H groups in total. The van der Waals surface area contributed by atoms with E-state index in [4.69, 9.17) is 9.47 Å². The number of aliphatic hydroxyl groups is 1. The Morgan fingerprint density at radius 1 is 1.04 bits per heavy atom. The zero-order chi connectivity index (χ0) is 16.2. The Labute approximate surface area is 140 Å². The van der Waals surface area contributed by atoms with E-state index in [0.717, 1.165) is 32.4 Å². The summed E-state index contributed by atoms with van der Waals surface area (Å²) in [4.78, 5) is 2.01. The van der Waals surface area contributed by atoms with Gasteiger partial charge in [0.15, 0.2) is 11.5 Å². The van der Waals surface area contributed by atoms with E-state index >= 15 is 0 Å². The molecule has 0 radical (unpaired) electrons. The molecule has 2 aromatic carbocycles. The highest BCUT2D eigenvalue weighted by molar-refractivity contribution is 8.03. The number of ether oxygens (including phenoxy) is 2. The van der Waals surface area contributed by atoms with Gasteiger partial charge in [-0.05, 0) is 37.6 Å². The average Bonchev–Trinajstić information content (AvgIpc) is 2.87. The van der Waals surface area contributed by atoms with Crippen molar-refractivity contribution in [2.24, 2.45) is 0 Å². The van der Waals surface area contributed by atoms with E-state index in [1.165, 1.54) is 0 Å². The van der Waals surface area contributed by atoms with E-state index in [0.29, 0.717) is 13.2 Å². The van der Waals surface area contributed by atoms with E-state index in [1.807, 2.05) is 62.4 Å². The van der Waals surface area contributed by atoms with Crippen molar-refractivity contribution in [3.63, 3.8) is 0 Å². The van der Waals surface area contributed by atoms with Crippen LogP contribution in [0.15, 0.2) is 52.3 Å². The molecule has 4 heteroatoms. The van der Waals surface area contributed by atoms with Gasteiger partial charge in [-0.1, -0.05) is 42.1 Å². The number of rotatable bonds is 5. The zero-order valence-electron chi connectivity index (χ0n) is 13.3. The van der Waals surface area contributed by atoms with Crippen LogP contribution in [0.2, 0.25) is 0 Å². The lowest BCUT2D eigenvalue weighted by molar-refractivity contribution is 0.226. The van der Waals surface area contributed by atoms with Gasteiger partial charge in [-0.2, -0.15) is 0 Å². The summed E-state index contributed by atoms with van der Waals surface area (Å²) in [7, 11) is 0. The standard InChI is InChI=1S/C19H20O3S/c1-3-21-15-10-7-8-13(19(15)22-4-2)12-17-18(20)14-9-5-6-11-16(14)23-17/h5-12,18,20H,3-4H2,1-2H3/b17-12-. The highest BCUT2D eigenvalue weighted by Gasteiger charge is 2.26. The van der Waals surface area contributed by atoms with Crippen molar-refractivity contribution in [2.75, 3.05) is 13.2 Å². The second kappa shape index (κ2) is 7.11. The van der Waals surface area contributed by atoms with Gasteiger partial charge in [-0.25, -0.2) is 0 Å². The Kier molecular flexibility index (Phi) is 4.94. The molecule has 1 aliphatic rings. The van der Waals surface area contributed by atoms with Gasteiger partial charge in [0.2, 0.25) is 0 Å². The first-order valence-electron chi connectivity index (χ1n) is 7.79. The Morgan fingerprint density at radius 3 is 2.57 bits per heavy atom. The molecule has 1 heterocycles. The van der Waals surface area contributed by atoms with E-state index in [2.05, 4.69) is 0 Å². The molecule has 1 unspecified atom stereocenters. The first-order valence-corrected chi connectivity index (χ1v) is 8.61. The molecule has 0 fully saturated rings. The number of para-hydroxylation sites is 1. The molecular formula is C19H20O3S. The van der Waals surface area contributed by atoms with Crippen molar-refractivity contribution in [2.45, 2.75) is 24.8 Å². The van der Waals surface area contributed by atoms with Crippen molar-refractivity contribution in [3.05, 3.63) is 58.5 Å². The minimum absolute atomic E-state index is 0.566. The minimum Gasteiger partial charge on any atom is -0.490 e. The summed E-state index contributed by atoms with van der Waals surface area (Å²) < 4.78 is 11.4. The van der Waals surface area contributed by atoms with Crippen LogP contribution in [-0.4, -0.2) is 18.3 Å². The van der Waals surface area contributed by atoms with Crippen LogP contribution >= 0.6 is 11.8 Å². The molecule has 0 aromatic heterocycles. The fraction of sp³-hybridized carbons (Fsp3) is 0.263. The van der Waals surface area contributed by atoms with Crippen molar-refractivity contribution in [1.82, 2.24) is 0 Å². The lowest BCUT2D eigenvalue weighted by Crippen LogP contribution is -2.00. The summed E-state index contributed by atoms with van der Waals surface area (Å²) in [6.07, 6.45) is 1.41. The molecule has 2 aromatic rings. The van der Waals surface area contributed by atoms with Gasteiger partial charge < -0.3 is 14.6 Å². The fourth-order valence-corrected chi connectivity index (χ4v) is 3.73. The third kappa shape index (κ3) is 3.23. The summed E-state index contributed by atoms with van der Waals surface area (Å²) in [6, 6.07) is 13.8. The molecule has 1 aliphatic heterocycles. The lowest BCUT2D eigenvalue weighted by atomic mass is 10.1. The molecule has 0 saturated heterocycles. The third-order valence-corrected chi connectivity index (χ3v) is 4.78. The van der Waals surface area contributed by atoms with Gasteiger partial charge in [0.05, 0.1) is 13.2 Å². The van der Waals surface area contributed by atoms with Crippen LogP contribution in [-0.2, 0) is 0 Å². The van der Waals surface area contributed by atoms with Crippen LogP contribution < -0.4 is 9.47 Å². The van der Waals surface area contributed by atoms with Crippen LogP contribution in [0.4, 0.5) is 0 Å². The molecule has 0 spiro atoms. The topological polar surface area (TPSA) is 38.7 Å². The van der Waals surface area contributed by atoms with Gasteiger partial charge in [0.25, 0.3) is 0 Å². The van der Waals surface area contributed by atoms with E-state index in [9.17, 15) is 5.11 Å². The van der Waals surface area contributed by atoms with Crippen LogP contribution in [0.1, 0.15) is 31.1 Å². The van der Waals surface area contributed by atoms with Crippen LogP contribution in [0.3, 0.4) is 0 Å². The Morgan fingerprint density at radius 2 is 1.83 bits per heavy atom. The molecule has 0 amide bonds. The van der Waals surface area contributed by atoms with Gasteiger partial charge >= 0.3 is 0 Å². The molecule has 120 valence electrons. The Hall–Kier alpha value is -1.91.